The number of fused-ring (bicyclic) bond motifs is 1. The normalized spacial score (nSPS) is 10.7. The Labute approximate surface area is 121 Å². The minimum absolute atomic E-state index is 0.139. The molecule has 100 valence electrons. The smallest absolute Gasteiger partial charge is 0.244 e. The number of imidazole rings is 1. The van der Waals surface area contributed by atoms with E-state index >= 15 is 0 Å². The maximum absolute atomic E-state index is 11.9. The fourth-order valence-corrected chi connectivity index (χ4v) is 2.22. The monoisotopic (exact) mass is 285 g/mol. The van der Waals surface area contributed by atoms with Crippen molar-refractivity contribution in [2.45, 2.75) is 6.54 Å². The summed E-state index contributed by atoms with van der Waals surface area (Å²) in [4.78, 5) is 15.8. The summed E-state index contributed by atoms with van der Waals surface area (Å²) in [5.74, 6) is -0.139. The van der Waals surface area contributed by atoms with Crippen LogP contribution in [-0.2, 0) is 11.3 Å². The van der Waals surface area contributed by atoms with Gasteiger partial charge in [0, 0.05) is 18.1 Å². The molecule has 1 aromatic heterocycles. The van der Waals surface area contributed by atoms with Gasteiger partial charge in [-0.3, -0.25) is 4.79 Å². The molecule has 20 heavy (non-hydrogen) atoms. The molecule has 0 bridgehead atoms. The van der Waals surface area contributed by atoms with Crippen LogP contribution in [0.15, 0.2) is 54.9 Å². The molecule has 0 saturated carbocycles. The lowest BCUT2D eigenvalue weighted by Crippen LogP contribution is -2.18. The topological polar surface area (TPSA) is 46.9 Å². The molecule has 1 heterocycles. The standard InChI is InChI=1S/C15H12ClN3O/c16-15-17-7-8-19(15)10-14(20)18-13-6-5-11-3-1-2-4-12(11)9-13/h1-9H,10H2,(H,18,20). The highest BCUT2D eigenvalue weighted by Crippen LogP contribution is 2.18. The molecule has 0 aliphatic rings. The first kappa shape index (κ1) is 12.7. The molecule has 1 amide bonds. The van der Waals surface area contributed by atoms with E-state index in [4.69, 9.17) is 11.6 Å². The zero-order valence-corrected chi connectivity index (χ0v) is 11.3. The molecule has 4 nitrogen and oxygen atoms in total. The van der Waals surface area contributed by atoms with Crippen LogP contribution in [0.1, 0.15) is 0 Å². The third-order valence-corrected chi connectivity index (χ3v) is 3.33. The zero-order chi connectivity index (χ0) is 13.9. The van der Waals surface area contributed by atoms with Crippen LogP contribution in [0.3, 0.4) is 0 Å². The van der Waals surface area contributed by atoms with Gasteiger partial charge < -0.3 is 9.88 Å². The Balaban J connectivity index is 1.75. The van der Waals surface area contributed by atoms with Crippen LogP contribution >= 0.6 is 11.6 Å². The third-order valence-electron chi connectivity index (χ3n) is 3.01. The summed E-state index contributed by atoms with van der Waals surface area (Å²) in [6.07, 6.45) is 3.23. The lowest BCUT2D eigenvalue weighted by molar-refractivity contribution is -0.116. The Morgan fingerprint density at radius 2 is 2.00 bits per heavy atom. The third kappa shape index (κ3) is 2.65. The minimum Gasteiger partial charge on any atom is -0.325 e. The molecule has 0 aliphatic carbocycles. The van der Waals surface area contributed by atoms with E-state index in [2.05, 4.69) is 10.3 Å². The number of carbonyl (C=O) groups excluding carboxylic acids is 1. The van der Waals surface area contributed by atoms with Gasteiger partial charge in [-0.05, 0) is 34.5 Å². The van der Waals surface area contributed by atoms with Crippen molar-refractivity contribution in [1.82, 2.24) is 9.55 Å². The van der Waals surface area contributed by atoms with Crippen molar-refractivity contribution >= 4 is 34.0 Å². The summed E-state index contributed by atoms with van der Waals surface area (Å²) in [6, 6.07) is 13.8. The molecule has 0 aliphatic heterocycles. The summed E-state index contributed by atoms with van der Waals surface area (Å²) < 4.78 is 1.58. The molecule has 0 spiro atoms. The highest BCUT2D eigenvalue weighted by Gasteiger charge is 2.06. The second-order valence-electron chi connectivity index (χ2n) is 4.43. The summed E-state index contributed by atoms with van der Waals surface area (Å²) in [7, 11) is 0. The fourth-order valence-electron chi connectivity index (χ4n) is 2.05. The predicted molar refractivity (Wildman–Crippen MR) is 79.8 cm³/mol. The van der Waals surface area contributed by atoms with E-state index in [1.54, 1.807) is 17.0 Å². The predicted octanol–water partition coefficient (Wildman–Crippen LogP) is 3.33. The van der Waals surface area contributed by atoms with E-state index in [-0.39, 0.29) is 12.5 Å². The van der Waals surface area contributed by atoms with Crippen LogP contribution in [0.4, 0.5) is 5.69 Å². The van der Waals surface area contributed by atoms with Crippen molar-refractivity contribution in [3.05, 3.63) is 60.1 Å². The largest absolute Gasteiger partial charge is 0.325 e. The van der Waals surface area contributed by atoms with Gasteiger partial charge in [0.25, 0.3) is 0 Å². The molecule has 0 fully saturated rings. The first-order chi connectivity index (χ1) is 9.72. The van der Waals surface area contributed by atoms with E-state index in [1.807, 2.05) is 42.5 Å². The molecule has 3 rings (SSSR count). The Kier molecular flexibility index (Phi) is 3.39. The van der Waals surface area contributed by atoms with E-state index in [0.29, 0.717) is 5.28 Å². The highest BCUT2D eigenvalue weighted by molar-refractivity contribution is 6.28. The average Bonchev–Trinajstić information content (AvgIpc) is 2.84. The van der Waals surface area contributed by atoms with Gasteiger partial charge in [-0.15, -0.1) is 0 Å². The number of halogens is 1. The van der Waals surface area contributed by atoms with Gasteiger partial charge in [0.1, 0.15) is 6.54 Å². The van der Waals surface area contributed by atoms with Crippen molar-refractivity contribution in [1.29, 1.82) is 0 Å². The maximum Gasteiger partial charge on any atom is 0.244 e. The highest BCUT2D eigenvalue weighted by atomic mass is 35.5. The van der Waals surface area contributed by atoms with E-state index < -0.39 is 0 Å². The molecule has 0 radical (unpaired) electrons. The molecular formula is C15H12ClN3O. The molecule has 0 unspecified atom stereocenters. The van der Waals surface area contributed by atoms with Crippen LogP contribution in [0.2, 0.25) is 5.28 Å². The number of amides is 1. The molecule has 0 atom stereocenters. The maximum atomic E-state index is 11.9. The summed E-state index contributed by atoms with van der Waals surface area (Å²) >= 11 is 5.84. The van der Waals surface area contributed by atoms with Gasteiger partial charge in [-0.25, -0.2) is 4.98 Å². The Morgan fingerprint density at radius 1 is 1.20 bits per heavy atom. The number of nitrogens with one attached hydrogen (secondary N) is 1. The number of nitrogens with zero attached hydrogens (tertiary/aromatic N) is 2. The van der Waals surface area contributed by atoms with Gasteiger partial charge in [-0.2, -0.15) is 0 Å². The quantitative estimate of drug-likeness (QED) is 0.802. The van der Waals surface area contributed by atoms with E-state index in [9.17, 15) is 4.79 Å². The van der Waals surface area contributed by atoms with Gasteiger partial charge in [0.2, 0.25) is 11.2 Å². The molecule has 5 heteroatoms. The van der Waals surface area contributed by atoms with E-state index in [1.165, 1.54) is 0 Å². The second kappa shape index (κ2) is 5.35. The van der Waals surface area contributed by atoms with Crippen molar-refractivity contribution in [2.75, 3.05) is 5.32 Å². The summed E-state index contributed by atoms with van der Waals surface area (Å²) in [5, 5.41) is 5.39. The van der Waals surface area contributed by atoms with E-state index in [0.717, 1.165) is 16.5 Å². The van der Waals surface area contributed by atoms with Crippen LogP contribution in [0.25, 0.3) is 10.8 Å². The summed E-state index contributed by atoms with van der Waals surface area (Å²) in [6.45, 7) is 0.145. The van der Waals surface area contributed by atoms with Gasteiger partial charge in [0.05, 0.1) is 0 Å². The molecular weight excluding hydrogens is 274 g/mol. The lowest BCUT2D eigenvalue weighted by atomic mass is 10.1. The molecule has 0 saturated heterocycles. The Hall–Kier alpha value is -2.33. The number of hydrogen-bond acceptors (Lipinski definition) is 2. The van der Waals surface area contributed by atoms with Crippen LogP contribution < -0.4 is 5.32 Å². The fraction of sp³-hybridized carbons (Fsp3) is 0.0667. The van der Waals surface area contributed by atoms with Crippen molar-refractivity contribution in [3.63, 3.8) is 0 Å². The van der Waals surface area contributed by atoms with Gasteiger partial charge in [0.15, 0.2) is 0 Å². The van der Waals surface area contributed by atoms with Gasteiger partial charge >= 0.3 is 0 Å². The van der Waals surface area contributed by atoms with Crippen LogP contribution in [0, 0.1) is 0 Å². The average molecular weight is 286 g/mol. The Morgan fingerprint density at radius 3 is 2.75 bits per heavy atom. The van der Waals surface area contributed by atoms with Crippen molar-refractivity contribution in [3.8, 4) is 0 Å². The van der Waals surface area contributed by atoms with Crippen LogP contribution in [-0.4, -0.2) is 15.5 Å². The molecule has 1 N–H and O–H groups in total. The number of aromatic nitrogens is 2. The summed E-state index contributed by atoms with van der Waals surface area (Å²) in [5.41, 5.74) is 0.768. The minimum atomic E-state index is -0.139. The Bertz CT molecular complexity index is 766. The number of hydrogen-bond donors (Lipinski definition) is 1. The zero-order valence-electron chi connectivity index (χ0n) is 10.6. The number of anilines is 1. The number of rotatable bonds is 3. The van der Waals surface area contributed by atoms with Crippen LogP contribution in [0.5, 0.6) is 0 Å². The SMILES string of the molecule is O=C(Cn1ccnc1Cl)Nc1ccc2ccccc2c1. The van der Waals surface area contributed by atoms with Crippen molar-refractivity contribution in [2.24, 2.45) is 0 Å². The van der Waals surface area contributed by atoms with Gasteiger partial charge in [-0.1, -0.05) is 30.3 Å². The number of benzene rings is 2. The second-order valence-corrected chi connectivity index (χ2v) is 4.77. The molecule has 3 aromatic rings. The lowest BCUT2D eigenvalue weighted by Gasteiger charge is -2.07. The van der Waals surface area contributed by atoms with Crippen molar-refractivity contribution < 1.29 is 4.79 Å². The first-order valence-corrected chi connectivity index (χ1v) is 6.55. The first-order valence-electron chi connectivity index (χ1n) is 6.18. The number of carbonyl (C=O) groups is 1. The molecule has 2 aromatic carbocycles.